The van der Waals surface area contributed by atoms with Crippen LogP contribution in [-0.2, 0) is 4.79 Å². The molecule has 0 aliphatic carbocycles. The van der Waals surface area contributed by atoms with E-state index in [1.807, 2.05) is 0 Å². The molecule has 1 aromatic carbocycles. The van der Waals surface area contributed by atoms with E-state index in [2.05, 4.69) is 15.3 Å². The van der Waals surface area contributed by atoms with Gasteiger partial charge in [-0.3, -0.25) is 4.79 Å². The summed E-state index contributed by atoms with van der Waals surface area (Å²) in [5.41, 5.74) is 1.88. The average Bonchev–Trinajstić information content (AvgIpc) is 2.90. The summed E-state index contributed by atoms with van der Waals surface area (Å²) < 4.78 is 0. The van der Waals surface area contributed by atoms with Crippen LogP contribution in [0.25, 0.3) is 11.6 Å². The topological polar surface area (TPSA) is 78.0 Å². The Balaban J connectivity index is 2.13. The van der Waals surface area contributed by atoms with Gasteiger partial charge in [-0.15, -0.1) is 0 Å². The van der Waals surface area contributed by atoms with Gasteiger partial charge in [0.2, 0.25) is 0 Å². The minimum absolute atomic E-state index is 0.130. The molecular weight excluding hydrogens is 218 g/mol. The maximum Gasteiger partial charge on any atom is 0.256 e. The number of nitrogens with one attached hydrogen (secondary N) is 2. The minimum Gasteiger partial charge on any atom is -0.508 e. The zero-order chi connectivity index (χ0) is 11.8. The summed E-state index contributed by atoms with van der Waals surface area (Å²) in [5, 5.41) is 12.2. The first kappa shape index (κ1) is 9.65. The van der Waals surface area contributed by atoms with E-state index in [4.69, 9.17) is 0 Å². The molecule has 5 nitrogen and oxygen atoms in total. The van der Waals surface area contributed by atoms with Crippen LogP contribution in [0.2, 0.25) is 0 Å². The van der Waals surface area contributed by atoms with Gasteiger partial charge in [-0.05, 0) is 24.3 Å². The molecule has 0 unspecified atom stereocenters. The fraction of sp³-hybridized carbons (Fsp3) is 0. The fourth-order valence-corrected chi connectivity index (χ4v) is 1.81. The Morgan fingerprint density at radius 3 is 3.00 bits per heavy atom. The molecule has 0 bridgehead atoms. The van der Waals surface area contributed by atoms with Gasteiger partial charge in [-0.25, -0.2) is 4.98 Å². The van der Waals surface area contributed by atoms with Crippen LogP contribution in [0.5, 0.6) is 5.75 Å². The van der Waals surface area contributed by atoms with E-state index in [9.17, 15) is 9.90 Å². The molecule has 3 rings (SSSR count). The van der Waals surface area contributed by atoms with E-state index in [0.29, 0.717) is 22.6 Å². The number of fused-ring (bicyclic) bond motifs is 1. The summed E-state index contributed by atoms with van der Waals surface area (Å²) >= 11 is 0. The Morgan fingerprint density at radius 1 is 1.35 bits per heavy atom. The summed E-state index contributed by atoms with van der Waals surface area (Å²) in [6.07, 6.45) is 4.95. The Bertz CT molecular complexity index is 615. The maximum absolute atomic E-state index is 11.8. The van der Waals surface area contributed by atoms with Crippen molar-refractivity contribution in [2.75, 3.05) is 5.32 Å². The van der Waals surface area contributed by atoms with E-state index in [1.54, 1.807) is 30.6 Å². The Labute approximate surface area is 96.8 Å². The number of nitrogens with zero attached hydrogens (tertiary/aromatic N) is 1. The molecule has 2 heterocycles. The second kappa shape index (κ2) is 3.48. The van der Waals surface area contributed by atoms with E-state index in [-0.39, 0.29) is 11.7 Å². The molecule has 1 amide bonds. The van der Waals surface area contributed by atoms with Gasteiger partial charge in [0.25, 0.3) is 5.91 Å². The van der Waals surface area contributed by atoms with Crippen molar-refractivity contribution in [3.8, 4) is 5.75 Å². The number of aromatic nitrogens is 2. The smallest absolute Gasteiger partial charge is 0.256 e. The van der Waals surface area contributed by atoms with Gasteiger partial charge in [0.1, 0.15) is 11.6 Å². The first-order valence-electron chi connectivity index (χ1n) is 5.10. The van der Waals surface area contributed by atoms with Crippen LogP contribution in [0.1, 0.15) is 11.4 Å². The van der Waals surface area contributed by atoms with E-state index < -0.39 is 0 Å². The summed E-state index contributed by atoms with van der Waals surface area (Å²) in [6, 6.07) is 4.77. The number of carbonyl (C=O) groups is 1. The Morgan fingerprint density at radius 2 is 2.24 bits per heavy atom. The number of imidazole rings is 1. The number of rotatable bonds is 1. The molecule has 3 N–H and O–H groups in total. The summed E-state index contributed by atoms with van der Waals surface area (Å²) in [4.78, 5) is 18.7. The highest BCUT2D eigenvalue weighted by molar-refractivity contribution is 6.34. The maximum atomic E-state index is 11.8. The van der Waals surface area contributed by atoms with Crippen molar-refractivity contribution < 1.29 is 9.90 Å². The lowest BCUT2D eigenvalue weighted by Crippen LogP contribution is -2.03. The number of phenols is 1. The molecule has 0 saturated carbocycles. The number of H-pyrrole nitrogens is 1. The predicted molar refractivity (Wildman–Crippen MR) is 63.2 cm³/mol. The largest absolute Gasteiger partial charge is 0.508 e. The zero-order valence-corrected chi connectivity index (χ0v) is 8.77. The molecule has 84 valence electrons. The van der Waals surface area contributed by atoms with Crippen LogP contribution in [-0.4, -0.2) is 21.0 Å². The SMILES string of the molecule is O=C1Nc2ccc(O)cc2/C1=C/c1ncc[nH]1. The quantitative estimate of drug-likeness (QED) is 0.511. The van der Waals surface area contributed by atoms with E-state index in [0.717, 1.165) is 0 Å². The van der Waals surface area contributed by atoms with Gasteiger partial charge in [0.05, 0.1) is 5.57 Å². The lowest BCUT2D eigenvalue weighted by molar-refractivity contribution is -0.110. The van der Waals surface area contributed by atoms with Gasteiger partial charge in [0.15, 0.2) is 0 Å². The van der Waals surface area contributed by atoms with Crippen molar-refractivity contribution in [2.45, 2.75) is 0 Å². The van der Waals surface area contributed by atoms with Gasteiger partial charge in [-0.1, -0.05) is 0 Å². The summed E-state index contributed by atoms with van der Waals surface area (Å²) in [5.74, 6) is 0.541. The van der Waals surface area contributed by atoms with Gasteiger partial charge < -0.3 is 15.4 Å². The fourth-order valence-electron chi connectivity index (χ4n) is 1.81. The third-order valence-corrected chi connectivity index (χ3v) is 2.59. The molecule has 0 atom stereocenters. The van der Waals surface area contributed by atoms with Crippen molar-refractivity contribution in [1.82, 2.24) is 9.97 Å². The zero-order valence-electron chi connectivity index (χ0n) is 8.77. The number of hydrogen-bond donors (Lipinski definition) is 3. The number of phenolic OH excluding ortho intramolecular Hbond substituents is 1. The molecule has 5 heteroatoms. The molecule has 0 spiro atoms. The third-order valence-electron chi connectivity index (χ3n) is 2.59. The molecule has 0 saturated heterocycles. The van der Waals surface area contributed by atoms with Crippen molar-refractivity contribution in [1.29, 1.82) is 0 Å². The Hall–Kier alpha value is -2.56. The normalized spacial score (nSPS) is 16.0. The average molecular weight is 227 g/mol. The van der Waals surface area contributed by atoms with Crippen molar-refractivity contribution in [3.05, 3.63) is 42.0 Å². The number of hydrogen-bond acceptors (Lipinski definition) is 3. The monoisotopic (exact) mass is 227 g/mol. The molecule has 2 aromatic rings. The predicted octanol–water partition coefficient (Wildman–Crippen LogP) is 1.61. The third kappa shape index (κ3) is 1.57. The molecule has 17 heavy (non-hydrogen) atoms. The van der Waals surface area contributed by atoms with Gasteiger partial charge in [0, 0.05) is 23.6 Å². The van der Waals surface area contributed by atoms with Crippen LogP contribution >= 0.6 is 0 Å². The second-order valence-electron chi connectivity index (χ2n) is 3.72. The second-order valence-corrected chi connectivity index (χ2v) is 3.72. The molecule has 1 aliphatic rings. The number of aromatic hydroxyl groups is 1. The highest BCUT2D eigenvalue weighted by atomic mass is 16.3. The van der Waals surface area contributed by atoms with Gasteiger partial charge in [-0.2, -0.15) is 0 Å². The van der Waals surface area contributed by atoms with Crippen LogP contribution in [0, 0.1) is 0 Å². The molecular formula is C12H9N3O2. The number of carbonyl (C=O) groups excluding carboxylic acids is 1. The summed E-state index contributed by atoms with van der Waals surface area (Å²) in [7, 11) is 0. The highest BCUT2D eigenvalue weighted by Crippen LogP contribution is 2.34. The lowest BCUT2D eigenvalue weighted by Gasteiger charge is -1.98. The number of benzene rings is 1. The van der Waals surface area contributed by atoms with Crippen LogP contribution < -0.4 is 5.32 Å². The van der Waals surface area contributed by atoms with Crippen LogP contribution in [0.15, 0.2) is 30.6 Å². The standard InChI is InChI=1S/C12H9N3O2/c16-7-1-2-10-8(5-7)9(12(17)15-10)6-11-13-3-4-14-11/h1-6,16H,(H,13,14)(H,15,17)/b9-6-. The van der Waals surface area contributed by atoms with Crippen LogP contribution in [0.3, 0.4) is 0 Å². The first-order valence-corrected chi connectivity index (χ1v) is 5.10. The Kier molecular flexibility index (Phi) is 1.98. The minimum atomic E-state index is -0.193. The van der Waals surface area contributed by atoms with E-state index >= 15 is 0 Å². The molecule has 0 fully saturated rings. The van der Waals surface area contributed by atoms with Crippen molar-refractivity contribution in [2.24, 2.45) is 0 Å². The van der Waals surface area contributed by atoms with Crippen molar-refractivity contribution in [3.63, 3.8) is 0 Å². The highest BCUT2D eigenvalue weighted by Gasteiger charge is 2.24. The first-order chi connectivity index (χ1) is 8.24. The van der Waals surface area contributed by atoms with Crippen molar-refractivity contribution >= 4 is 23.2 Å². The van der Waals surface area contributed by atoms with E-state index in [1.165, 1.54) is 6.07 Å². The molecule has 1 aliphatic heterocycles. The molecule has 0 radical (unpaired) electrons. The lowest BCUT2D eigenvalue weighted by atomic mass is 10.1. The number of aromatic amines is 1. The van der Waals surface area contributed by atoms with Crippen LogP contribution in [0.4, 0.5) is 5.69 Å². The number of amides is 1. The summed E-state index contributed by atoms with van der Waals surface area (Å²) in [6.45, 7) is 0. The molecule has 1 aromatic heterocycles. The van der Waals surface area contributed by atoms with Gasteiger partial charge >= 0.3 is 0 Å². The number of anilines is 1.